The van der Waals surface area contributed by atoms with Crippen LogP contribution in [-0.2, 0) is 6.54 Å². The fourth-order valence-corrected chi connectivity index (χ4v) is 4.81. The molecule has 2 N–H and O–H groups in total. The molecule has 1 unspecified atom stereocenters. The molecule has 32 heavy (non-hydrogen) atoms. The molecule has 3 heterocycles. The Balaban J connectivity index is 1.24. The van der Waals surface area contributed by atoms with E-state index in [-0.39, 0.29) is 11.4 Å². The number of phenolic OH excluding ortho intramolecular Hbond substituents is 1. The van der Waals surface area contributed by atoms with E-state index in [0.717, 1.165) is 41.7 Å². The predicted octanol–water partition coefficient (Wildman–Crippen LogP) is 4.06. The molecule has 0 amide bonds. The maximum Gasteiger partial charge on any atom is 0.247 e. The molecule has 0 saturated carbocycles. The number of likely N-dealkylation sites (tertiary alicyclic amines) is 1. The first-order valence-corrected chi connectivity index (χ1v) is 11.3. The Kier molecular flexibility index (Phi) is 5.56. The monoisotopic (exact) mass is 501 g/mol. The van der Waals surface area contributed by atoms with E-state index in [0.29, 0.717) is 36.1 Å². The molecule has 9 heteroatoms. The molecular formula is C23H24BrN3O5. The maximum atomic E-state index is 10.7. The number of hydrogen-bond donors (Lipinski definition) is 2. The molecule has 0 bridgehead atoms. The number of aliphatic hydroxyl groups is 1. The lowest BCUT2D eigenvalue weighted by atomic mass is 9.81. The number of aromatic hydroxyl groups is 1. The molecule has 1 spiro atoms. The Hall–Kier alpha value is -2.62. The van der Waals surface area contributed by atoms with Crippen molar-refractivity contribution in [2.24, 2.45) is 0 Å². The molecule has 0 aliphatic carbocycles. The number of phenols is 1. The number of halogens is 1. The van der Waals surface area contributed by atoms with Gasteiger partial charge in [-0.1, -0.05) is 22.0 Å². The Bertz CT molecular complexity index is 1130. The Morgan fingerprint density at radius 2 is 2.00 bits per heavy atom. The topological polar surface area (TPSA) is 101 Å². The van der Waals surface area contributed by atoms with Crippen molar-refractivity contribution in [2.45, 2.75) is 37.5 Å². The number of ether oxygens (including phenoxy) is 2. The van der Waals surface area contributed by atoms with Crippen molar-refractivity contribution < 1.29 is 24.1 Å². The van der Waals surface area contributed by atoms with Crippen molar-refractivity contribution in [1.82, 2.24) is 15.1 Å². The number of piperidine rings is 1. The van der Waals surface area contributed by atoms with Crippen LogP contribution in [0.3, 0.4) is 0 Å². The molecule has 1 fully saturated rings. The largest absolute Gasteiger partial charge is 0.504 e. The third-order valence-electron chi connectivity index (χ3n) is 6.25. The van der Waals surface area contributed by atoms with Crippen LogP contribution in [-0.4, -0.2) is 51.1 Å². The molecule has 0 radical (unpaired) electrons. The smallest absolute Gasteiger partial charge is 0.247 e. The number of fused-ring (bicyclic) bond motifs is 1. The number of methoxy groups -OCH3 is 1. The molecule has 168 valence electrons. The van der Waals surface area contributed by atoms with Gasteiger partial charge in [-0.25, -0.2) is 0 Å². The summed E-state index contributed by atoms with van der Waals surface area (Å²) in [5.41, 5.74) is 1.18. The molecule has 2 aliphatic heterocycles. The SMILES string of the molecule is COc1cc(-c2nnc(CN3CCC4(CC3)CC(O)c3ccc(Br)cc3O4)o2)ccc1O. The maximum absolute atomic E-state index is 10.7. The zero-order valence-corrected chi connectivity index (χ0v) is 19.2. The minimum Gasteiger partial charge on any atom is -0.504 e. The number of benzene rings is 2. The summed E-state index contributed by atoms with van der Waals surface area (Å²) in [6, 6.07) is 10.7. The van der Waals surface area contributed by atoms with Crippen molar-refractivity contribution in [3.8, 4) is 28.7 Å². The van der Waals surface area contributed by atoms with Gasteiger partial charge in [0, 0.05) is 35.1 Å². The van der Waals surface area contributed by atoms with Crippen molar-refractivity contribution in [1.29, 1.82) is 0 Å². The van der Waals surface area contributed by atoms with Crippen LogP contribution in [0, 0.1) is 0 Å². The summed E-state index contributed by atoms with van der Waals surface area (Å²) in [6.45, 7) is 2.16. The van der Waals surface area contributed by atoms with E-state index in [1.165, 1.54) is 13.2 Å². The highest BCUT2D eigenvalue weighted by Crippen LogP contribution is 2.45. The second kappa shape index (κ2) is 8.38. The van der Waals surface area contributed by atoms with Crippen LogP contribution in [0.15, 0.2) is 45.3 Å². The highest BCUT2D eigenvalue weighted by molar-refractivity contribution is 9.10. The molecule has 5 rings (SSSR count). The number of aliphatic hydroxyl groups excluding tert-OH is 1. The van der Waals surface area contributed by atoms with Crippen molar-refractivity contribution >= 4 is 15.9 Å². The van der Waals surface area contributed by atoms with Crippen LogP contribution in [0.5, 0.6) is 17.2 Å². The summed E-state index contributed by atoms with van der Waals surface area (Å²) >= 11 is 3.49. The van der Waals surface area contributed by atoms with Gasteiger partial charge in [0.15, 0.2) is 11.5 Å². The average Bonchev–Trinajstić information content (AvgIpc) is 3.24. The van der Waals surface area contributed by atoms with Crippen molar-refractivity contribution in [2.75, 3.05) is 20.2 Å². The number of rotatable bonds is 4. The molecule has 1 atom stereocenters. The van der Waals surface area contributed by atoms with Gasteiger partial charge in [-0.2, -0.15) is 0 Å². The number of aromatic nitrogens is 2. The van der Waals surface area contributed by atoms with Gasteiger partial charge in [-0.05, 0) is 43.2 Å². The van der Waals surface area contributed by atoms with Gasteiger partial charge in [-0.3, -0.25) is 4.90 Å². The van der Waals surface area contributed by atoms with E-state index in [9.17, 15) is 10.2 Å². The van der Waals surface area contributed by atoms with Crippen molar-refractivity contribution in [3.05, 3.63) is 52.3 Å². The average molecular weight is 502 g/mol. The predicted molar refractivity (Wildman–Crippen MR) is 120 cm³/mol. The molecule has 2 aromatic carbocycles. The van der Waals surface area contributed by atoms with E-state index >= 15 is 0 Å². The van der Waals surface area contributed by atoms with E-state index in [2.05, 4.69) is 31.0 Å². The second-order valence-corrected chi connectivity index (χ2v) is 9.27. The van der Waals surface area contributed by atoms with Gasteiger partial charge in [-0.15, -0.1) is 10.2 Å². The lowest BCUT2D eigenvalue weighted by Gasteiger charge is -2.45. The molecular weight excluding hydrogens is 478 g/mol. The van der Waals surface area contributed by atoms with Gasteiger partial charge in [0.2, 0.25) is 11.8 Å². The highest BCUT2D eigenvalue weighted by atomic mass is 79.9. The number of hydrogen-bond acceptors (Lipinski definition) is 8. The Morgan fingerprint density at radius 1 is 1.19 bits per heavy atom. The first-order valence-electron chi connectivity index (χ1n) is 10.5. The van der Waals surface area contributed by atoms with Crippen LogP contribution in [0.1, 0.15) is 36.8 Å². The van der Waals surface area contributed by atoms with Crippen LogP contribution >= 0.6 is 15.9 Å². The standard InChI is InChI=1S/C23H24BrN3O5/c1-30-20-10-14(2-5-17(20)28)22-26-25-21(31-22)13-27-8-6-23(7-9-27)12-18(29)16-4-3-15(24)11-19(16)32-23/h2-5,10-11,18,28-29H,6-9,12-13H2,1H3. The molecule has 8 nitrogen and oxygen atoms in total. The normalized spacial score (nSPS) is 20.0. The summed E-state index contributed by atoms with van der Waals surface area (Å²) in [5.74, 6) is 2.09. The first-order chi connectivity index (χ1) is 15.4. The van der Waals surface area contributed by atoms with Crippen LogP contribution in [0.4, 0.5) is 0 Å². The number of nitrogens with zero attached hydrogens (tertiary/aromatic N) is 3. The van der Waals surface area contributed by atoms with Gasteiger partial charge in [0.05, 0.1) is 19.8 Å². The zero-order valence-electron chi connectivity index (χ0n) is 17.6. The van der Waals surface area contributed by atoms with Crippen LogP contribution in [0.25, 0.3) is 11.5 Å². The first kappa shape index (κ1) is 21.2. The Labute approximate surface area is 193 Å². The minimum atomic E-state index is -0.515. The molecule has 1 aromatic heterocycles. The summed E-state index contributed by atoms with van der Waals surface area (Å²) < 4.78 is 18.3. The highest BCUT2D eigenvalue weighted by Gasteiger charge is 2.43. The fraction of sp³-hybridized carbons (Fsp3) is 0.391. The zero-order chi connectivity index (χ0) is 22.3. The summed E-state index contributed by atoms with van der Waals surface area (Å²) in [5, 5.41) is 28.8. The van der Waals surface area contributed by atoms with Gasteiger partial charge in [0.1, 0.15) is 11.4 Å². The van der Waals surface area contributed by atoms with Gasteiger partial charge in [0.25, 0.3) is 0 Å². The van der Waals surface area contributed by atoms with E-state index in [1.807, 2.05) is 18.2 Å². The third kappa shape index (κ3) is 4.07. The lowest BCUT2D eigenvalue weighted by molar-refractivity contribution is -0.0560. The van der Waals surface area contributed by atoms with Gasteiger partial charge >= 0.3 is 0 Å². The van der Waals surface area contributed by atoms with Gasteiger partial charge < -0.3 is 24.1 Å². The Morgan fingerprint density at radius 3 is 2.78 bits per heavy atom. The quantitative estimate of drug-likeness (QED) is 0.551. The minimum absolute atomic E-state index is 0.0586. The molecule has 3 aromatic rings. The summed E-state index contributed by atoms with van der Waals surface area (Å²) in [6.07, 6.45) is 1.71. The molecule has 1 saturated heterocycles. The van der Waals surface area contributed by atoms with Crippen LogP contribution in [0.2, 0.25) is 0 Å². The molecule has 2 aliphatic rings. The van der Waals surface area contributed by atoms with E-state index in [4.69, 9.17) is 13.9 Å². The van der Waals surface area contributed by atoms with Crippen LogP contribution < -0.4 is 9.47 Å². The lowest BCUT2D eigenvalue weighted by Crippen LogP contribution is -2.50. The van der Waals surface area contributed by atoms with Crippen molar-refractivity contribution in [3.63, 3.8) is 0 Å². The van der Waals surface area contributed by atoms with E-state index < -0.39 is 6.10 Å². The summed E-state index contributed by atoms with van der Waals surface area (Å²) in [7, 11) is 1.49. The summed E-state index contributed by atoms with van der Waals surface area (Å²) in [4.78, 5) is 2.26. The second-order valence-electron chi connectivity index (χ2n) is 8.35. The van der Waals surface area contributed by atoms with E-state index in [1.54, 1.807) is 12.1 Å². The fourth-order valence-electron chi connectivity index (χ4n) is 4.47. The third-order valence-corrected chi connectivity index (χ3v) is 6.74.